The Bertz CT molecular complexity index is 542. The molecule has 0 bridgehead atoms. The van der Waals surface area contributed by atoms with Gasteiger partial charge in [-0.15, -0.1) is 0 Å². The average Bonchev–Trinajstić information content (AvgIpc) is 2.37. The number of benzene rings is 2. The zero-order valence-electron chi connectivity index (χ0n) is 11.1. The van der Waals surface area contributed by atoms with Crippen molar-refractivity contribution < 1.29 is 0 Å². The van der Waals surface area contributed by atoms with Gasteiger partial charge in [-0.25, -0.2) is 0 Å². The first kappa shape index (κ1) is 13.0. The summed E-state index contributed by atoms with van der Waals surface area (Å²) in [6.07, 6.45) is 0. The summed E-state index contributed by atoms with van der Waals surface area (Å²) in [5, 5.41) is 8.72. The maximum absolute atomic E-state index is 4.41. The molecule has 0 atom stereocenters. The molecule has 0 unspecified atom stereocenters. The van der Waals surface area contributed by atoms with Crippen molar-refractivity contribution in [3.05, 3.63) is 54.6 Å². The summed E-state index contributed by atoms with van der Waals surface area (Å²) in [5.41, 5.74) is 1.92. The summed E-state index contributed by atoms with van der Waals surface area (Å²) in [7, 11) is 0. The van der Waals surface area contributed by atoms with Crippen molar-refractivity contribution in [1.82, 2.24) is 0 Å². The SMILES string of the molecule is [CH3][Ge]([CH3])([CH3])[c]1ccccc1N=Nc1ccccc1. The van der Waals surface area contributed by atoms with E-state index in [-0.39, 0.29) is 0 Å². The molecular weight excluding hydrogens is 281 g/mol. The van der Waals surface area contributed by atoms with E-state index < -0.39 is 13.3 Å². The van der Waals surface area contributed by atoms with E-state index in [1.807, 2.05) is 36.4 Å². The van der Waals surface area contributed by atoms with Crippen LogP contribution in [0, 0.1) is 0 Å². The quantitative estimate of drug-likeness (QED) is 0.582. The molecule has 0 saturated heterocycles. The van der Waals surface area contributed by atoms with Crippen LogP contribution in [0.15, 0.2) is 64.8 Å². The van der Waals surface area contributed by atoms with Crippen LogP contribution in [0.2, 0.25) is 17.3 Å². The van der Waals surface area contributed by atoms with E-state index in [1.54, 1.807) is 0 Å². The summed E-state index contributed by atoms with van der Waals surface area (Å²) in [4.78, 5) is 0. The molecule has 0 aliphatic carbocycles. The fraction of sp³-hybridized carbons (Fsp3) is 0.200. The van der Waals surface area contributed by atoms with E-state index in [2.05, 4.69) is 45.7 Å². The standard InChI is InChI=1S/C15H18GeN2/c1-16(2,3)14-11-7-8-12-15(14)18-17-13-9-5-4-6-10-13/h4-12H,1-3H3. The van der Waals surface area contributed by atoms with Crippen molar-refractivity contribution in [3.8, 4) is 0 Å². The Labute approximate surface area is 111 Å². The summed E-state index contributed by atoms with van der Waals surface area (Å²) in [5.74, 6) is 7.12. The topological polar surface area (TPSA) is 24.7 Å². The Hall–Kier alpha value is -1.42. The van der Waals surface area contributed by atoms with E-state index in [1.165, 1.54) is 4.40 Å². The zero-order chi connectivity index (χ0) is 13.0. The van der Waals surface area contributed by atoms with Crippen molar-refractivity contribution in [3.63, 3.8) is 0 Å². The molecule has 92 valence electrons. The molecule has 0 N–H and O–H groups in total. The van der Waals surface area contributed by atoms with Crippen molar-refractivity contribution >= 4 is 29.0 Å². The normalized spacial score (nSPS) is 11.9. The summed E-state index contributed by atoms with van der Waals surface area (Å²) in [6.45, 7) is 0. The summed E-state index contributed by atoms with van der Waals surface area (Å²) in [6, 6.07) is 18.2. The van der Waals surface area contributed by atoms with Gasteiger partial charge in [0, 0.05) is 0 Å². The molecule has 0 aliphatic heterocycles. The predicted octanol–water partition coefficient (Wildman–Crippen LogP) is 4.65. The van der Waals surface area contributed by atoms with Gasteiger partial charge in [0.05, 0.1) is 0 Å². The first-order valence-electron chi connectivity index (χ1n) is 6.14. The molecule has 3 heteroatoms. The number of azo groups is 1. The monoisotopic (exact) mass is 300 g/mol. The summed E-state index contributed by atoms with van der Waals surface area (Å²) < 4.78 is 1.40. The molecule has 2 aromatic carbocycles. The van der Waals surface area contributed by atoms with Crippen molar-refractivity contribution in [1.29, 1.82) is 0 Å². The molecule has 0 heterocycles. The second kappa shape index (κ2) is 5.48. The Morgan fingerprint density at radius 3 is 2.00 bits per heavy atom. The van der Waals surface area contributed by atoms with Gasteiger partial charge in [-0.3, -0.25) is 0 Å². The van der Waals surface area contributed by atoms with Crippen LogP contribution in [0.1, 0.15) is 0 Å². The molecule has 0 radical (unpaired) electrons. The molecule has 0 aromatic heterocycles. The molecule has 0 fully saturated rings. The van der Waals surface area contributed by atoms with Gasteiger partial charge in [0.15, 0.2) is 0 Å². The van der Waals surface area contributed by atoms with Gasteiger partial charge in [0.2, 0.25) is 0 Å². The van der Waals surface area contributed by atoms with E-state index in [0.717, 1.165) is 11.4 Å². The molecule has 0 saturated carbocycles. The fourth-order valence-corrected chi connectivity index (χ4v) is 4.94. The van der Waals surface area contributed by atoms with Crippen LogP contribution < -0.4 is 4.40 Å². The van der Waals surface area contributed by atoms with Gasteiger partial charge in [0.25, 0.3) is 0 Å². The van der Waals surface area contributed by atoms with Crippen LogP contribution in [0.25, 0.3) is 0 Å². The van der Waals surface area contributed by atoms with E-state index >= 15 is 0 Å². The third kappa shape index (κ3) is 3.29. The Kier molecular flexibility index (Phi) is 3.97. The first-order chi connectivity index (χ1) is 8.57. The summed E-state index contributed by atoms with van der Waals surface area (Å²) >= 11 is -1.88. The van der Waals surface area contributed by atoms with Gasteiger partial charge in [-0.05, 0) is 0 Å². The minimum atomic E-state index is -1.88. The second-order valence-corrected chi connectivity index (χ2v) is 15.9. The van der Waals surface area contributed by atoms with E-state index in [0.29, 0.717) is 0 Å². The molecule has 2 aromatic rings. The van der Waals surface area contributed by atoms with Crippen LogP contribution in [0.5, 0.6) is 0 Å². The number of nitrogens with zero attached hydrogens (tertiary/aromatic N) is 2. The second-order valence-electron chi connectivity index (χ2n) is 5.30. The maximum atomic E-state index is 4.41. The third-order valence-electron chi connectivity index (χ3n) is 2.74. The molecule has 18 heavy (non-hydrogen) atoms. The van der Waals surface area contributed by atoms with Crippen LogP contribution in [0.3, 0.4) is 0 Å². The third-order valence-corrected chi connectivity index (χ3v) is 7.02. The van der Waals surface area contributed by atoms with Gasteiger partial charge in [-0.1, -0.05) is 0 Å². The Morgan fingerprint density at radius 1 is 0.722 bits per heavy atom. The van der Waals surface area contributed by atoms with E-state index in [4.69, 9.17) is 0 Å². The average molecular weight is 299 g/mol. The number of hydrogen-bond donors (Lipinski definition) is 0. The molecule has 2 nitrogen and oxygen atoms in total. The van der Waals surface area contributed by atoms with Crippen molar-refractivity contribution in [2.24, 2.45) is 10.2 Å². The molecule has 0 aliphatic rings. The van der Waals surface area contributed by atoms with Crippen LogP contribution in [0.4, 0.5) is 11.4 Å². The van der Waals surface area contributed by atoms with Crippen molar-refractivity contribution in [2.75, 3.05) is 0 Å². The number of hydrogen-bond acceptors (Lipinski definition) is 2. The minimum absolute atomic E-state index is 0.897. The molecule has 0 spiro atoms. The predicted molar refractivity (Wildman–Crippen MR) is 80.0 cm³/mol. The van der Waals surface area contributed by atoms with Crippen LogP contribution in [-0.4, -0.2) is 13.3 Å². The van der Waals surface area contributed by atoms with Gasteiger partial charge >= 0.3 is 111 Å². The van der Waals surface area contributed by atoms with Gasteiger partial charge in [0.1, 0.15) is 0 Å². The van der Waals surface area contributed by atoms with Crippen LogP contribution >= 0.6 is 0 Å². The van der Waals surface area contributed by atoms with Crippen LogP contribution in [-0.2, 0) is 0 Å². The number of rotatable bonds is 3. The molecule has 2 rings (SSSR count). The molecular formula is C15H18GeN2. The Balaban J connectivity index is 2.33. The van der Waals surface area contributed by atoms with Crippen molar-refractivity contribution in [2.45, 2.75) is 17.3 Å². The first-order valence-corrected chi connectivity index (χ1v) is 13.5. The van der Waals surface area contributed by atoms with E-state index in [9.17, 15) is 0 Å². The Morgan fingerprint density at radius 2 is 1.33 bits per heavy atom. The van der Waals surface area contributed by atoms with Gasteiger partial charge < -0.3 is 0 Å². The fourth-order valence-electron chi connectivity index (χ4n) is 1.80. The zero-order valence-corrected chi connectivity index (χ0v) is 13.2. The van der Waals surface area contributed by atoms with Gasteiger partial charge in [-0.2, -0.15) is 0 Å². The molecule has 0 amide bonds.